The molecule has 0 saturated carbocycles. The Kier molecular flexibility index (Phi) is 9.60. The summed E-state index contributed by atoms with van der Waals surface area (Å²) in [6.07, 6.45) is 0. The molecule has 6 heteroatoms. The van der Waals surface area contributed by atoms with E-state index in [9.17, 15) is 4.79 Å². The fourth-order valence-electron chi connectivity index (χ4n) is 1.21. The monoisotopic (exact) mass is 503 g/mol. The number of hydrogen-bond donors (Lipinski definition) is 0. The van der Waals surface area contributed by atoms with Crippen LogP contribution in [0.3, 0.4) is 0 Å². The molecular formula is C10H11ClI2O2V. The van der Waals surface area contributed by atoms with E-state index in [4.69, 9.17) is 16.3 Å². The average Bonchev–Trinajstić information content (AvgIpc) is 2.22. The molecule has 0 aliphatic heterocycles. The van der Waals surface area contributed by atoms with Crippen LogP contribution in [0.5, 0.6) is 5.75 Å². The fourth-order valence-corrected chi connectivity index (χ4v) is 1.44. The topological polar surface area (TPSA) is 26.3 Å². The molecule has 0 aliphatic rings. The van der Waals surface area contributed by atoms with E-state index in [1.807, 2.05) is 19.9 Å². The molecule has 16 heavy (non-hydrogen) atoms. The van der Waals surface area contributed by atoms with Gasteiger partial charge in [0.1, 0.15) is 5.75 Å². The Morgan fingerprint density at radius 2 is 1.88 bits per heavy atom. The summed E-state index contributed by atoms with van der Waals surface area (Å²) in [5.41, 5.74) is 2.37. The van der Waals surface area contributed by atoms with Crippen LogP contribution in [0.15, 0.2) is 12.1 Å². The van der Waals surface area contributed by atoms with Crippen molar-refractivity contribution in [2.75, 3.05) is 7.11 Å². The SMILES string of the molecule is COc1ccc(C)c(C)c1C(=O)Cl.[I][V][I]. The molecule has 0 bridgehead atoms. The number of rotatable bonds is 2. The van der Waals surface area contributed by atoms with Crippen LogP contribution in [0.25, 0.3) is 0 Å². The molecule has 0 saturated heterocycles. The molecule has 0 aromatic heterocycles. The zero-order chi connectivity index (χ0) is 12.7. The van der Waals surface area contributed by atoms with Crippen LogP contribution in [-0.4, -0.2) is 12.4 Å². The Balaban J connectivity index is 0.000000673. The fraction of sp³-hybridized carbons (Fsp3) is 0.300. The van der Waals surface area contributed by atoms with Gasteiger partial charge < -0.3 is 4.74 Å². The maximum atomic E-state index is 11.1. The zero-order valence-corrected chi connectivity index (χ0v) is 15.5. The number of carbonyl (C=O) groups is 1. The summed E-state index contributed by atoms with van der Waals surface area (Å²) < 4.78 is 5.04. The summed E-state index contributed by atoms with van der Waals surface area (Å²) in [6.45, 7) is 3.78. The third-order valence-electron chi connectivity index (χ3n) is 2.11. The first kappa shape index (κ1) is 17.0. The summed E-state index contributed by atoms with van der Waals surface area (Å²) in [7, 11) is 2.15. The van der Waals surface area contributed by atoms with Crippen molar-refractivity contribution < 1.29 is 19.0 Å². The van der Waals surface area contributed by atoms with Gasteiger partial charge in [0.2, 0.25) is 0 Å². The number of ether oxygens (including phenoxy) is 1. The number of aryl methyl sites for hydroxylation is 1. The predicted molar refractivity (Wildman–Crippen MR) is 80.7 cm³/mol. The van der Waals surface area contributed by atoms with Gasteiger partial charge in [0.15, 0.2) is 0 Å². The average molecular weight is 503 g/mol. The summed E-state index contributed by atoms with van der Waals surface area (Å²) in [6, 6.07) is 3.65. The molecular weight excluding hydrogens is 492 g/mol. The van der Waals surface area contributed by atoms with E-state index in [0.29, 0.717) is 20.8 Å². The van der Waals surface area contributed by atoms with Gasteiger partial charge in [-0.15, -0.1) is 0 Å². The van der Waals surface area contributed by atoms with Crippen molar-refractivity contribution >= 4 is 56.8 Å². The van der Waals surface area contributed by atoms with Gasteiger partial charge in [-0.05, 0) is 42.6 Å². The number of carbonyl (C=O) groups excluding carboxylic acids is 1. The van der Waals surface area contributed by atoms with Crippen molar-refractivity contribution in [2.45, 2.75) is 13.8 Å². The Hall–Kier alpha value is 1.02. The van der Waals surface area contributed by atoms with Crippen LogP contribution in [0, 0.1) is 13.8 Å². The van der Waals surface area contributed by atoms with Crippen molar-refractivity contribution in [1.29, 1.82) is 0 Å². The van der Waals surface area contributed by atoms with Gasteiger partial charge in [-0.1, -0.05) is 6.07 Å². The van der Waals surface area contributed by atoms with E-state index in [-0.39, 0.29) is 0 Å². The second-order valence-electron chi connectivity index (χ2n) is 2.92. The Morgan fingerprint density at radius 3 is 2.25 bits per heavy atom. The van der Waals surface area contributed by atoms with E-state index in [1.165, 1.54) is 7.11 Å². The molecule has 0 amide bonds. The van der Waals surface area contributed by atoms with Gasteiger partial charge in [-0.3, -0.25) is 4.79 Å². The van der Waals surface area contributed by atoms with Gasteiger partial charge in [-0.2, -0.15) is 0 Å². The number of methoxy groups -OCH3 is 1. The number of benzene rings is 1. The Morgan fingerprint density at radius 1 is 1.38 bits per heavy atom. The second-order valence-corrected chi connectivity index (χ2v) is 15.1. The van der Waals surface area contributed by atoms with E-state index >= 15 is 0 Å². The van der Waals surface area contributed by atoms with Gasteiger partial charge >= 0.3 is 49.4 Å². The van der Waals surface area contributed by atoms with Gasteiger partial charge in [-0.25, -0.2) is 0 Å². The maximum absolute atomic E-state index is 11.1. The summed E-state index contributed by atoms with van der Waals surface area (Å²) in [4.78, 5) is 11.1. The molecule has 1 aromatic carbocycles. The van der Waals surface area contributed by atoms with Gasteiger partial charge in [0, 0.05) is 0 Å². The first-order valence-corrected chi connectivity index (χ1v) is 13.6. The predicted octanol–water partition coefficient (Wildman–Crippen LogP) is 4.46. The summed E-state index contributed by atoms with van der Waals surface area (Å²) in [5.74, 6) is 0.531. The van der Waals surface area contributed by atoms with Crippen LogP contribution < -0.4 is 4.74 Å². The summed E-state index contributed by atoms with van der Waals surface area (Å²) in [5, 5.41) is -0.474. The molecule has 1 rings (SSSR count). The van der Waals surface area contributed by atoms with Crippen molar-refractivity contribution in [3.63, 3.8) is 0 Å². The molecule has 0 heterocycles. The minimum absolute atomic E-state index is 0.462. The van der Waals surface area contributed by atoms with Crippen LogP contribution in [-0.2, 0) is 9.47 Å². The number of hydrogen-bond acceptors (Lipinski definition) is 2. The molecule has 0 fully saturated rings. The van der Waals surface area contributed by atoms with Crippen molar-refractivity contribution in [3.05, 3.63) is 28.8 Å². The first-order valence-electron chi connectivity index (χ1n) is 4.25. The van der Waals surface area contributed by atoms with E-state index < -0.39 is 5.24 Å². The zero-order valence-electron chi connectivity index (χ0n) is 9.05. The third-order valence-corrected chi connectivity index (χ3v) is 2.30. The molecule has 0 radical (unpaired) electrons. The number of halogens is 3. The van der Waals surface area contributed by atoms with Crippen molar-refractivity contribution in [1.82, 2.24) is 0 Å². The molecule has 0 unspecified atom stereocenters. The van der Waals surface area contributed by atoms with Gasteiger partial charge in [0.05, 0.1) is 12.7 Å². The molecule has 0 N–H and O–H groups in total. The molecule has 2 nitrogen and oxygen atoms in total. The van der Waals surface area contributed by atoms with Crippen LogP contribution >= 0.6 is 51.6 Å². The molecule has 1 aromatic rings. The first-order chi connectivity index (χ1) is 7.49. The van der Waals surface area contributed by atoms with Crippen LogP contribution in [0.2, 0.25) is 0 Å². The normalized spacial score (nSPS) is 8.88. The summed E-state index contributed by atoms with van der Waals surface area (Å²) >= 11 is 10.2. The van der Waals surface area contributed by atoms with Crippen molar-refractivity contribution in [3.8, 4) is 5.75 Å². The molecule has 0 spiro atoms. The Labute approximate surface area is 130 Å². The molecule has 89 valence electrons. The minimum atomic E-state index is -0.474. The van der Waals surface area contributed by atoms with Crippen LogP contribution in [0.4, 0.5) is 0 Å². The van der Waals surface area contributed by atoms with E-state index in [2.05, 4.69) is 40.0 Å². The Bertz CT molecular complexity index is 372. The standard InChI is InChI=1S/C10H11ClO2.2HI.V/c1-6-4-5-8(13-3)9(7(6)2)10(11)12;;;/h4-5H,1-3H3;2*1H;/q;;;+2/p-2. The van der Waals surface area contributed by atoms with E-state index in [0.717, 1.165) is 11.1 Å². The second kappa shape index (κ2) is 9.02. The van der Waals surface area contributed by atoms with Crippen molar-refractivity contribution in [2.24, 2.45) is 0 Å². The van der Waals surface area contributed by atoms with Gasteiger partial charge in [0.25, 0.3) is 5.24 Å². The third kappa shape index (κ3) is 5.12. The quantitative estimate of drug-likeness (QED) is 0.440. The molecule has 0 aliphatic carbocycles. The van der Waals surface area contributed by atoms with Crippen LogP contribution in [0.1, 0.15) is 21.5 Å². The molecule has 0 atom stereocenters. The van der Waals surface area contributed by atoms with E-state index in [1.54, 1.807) is 6.07 Å².